The van der Waals surface area contributed by atoms with Gasteiger partial charge in [0, 0.05) is 23.0 Å². The molecule has 1 atom stereocenters. The van der Waals surface area contributed by atoms with Crippen molar-refractivity contribution in [1.82, 2.24) is 10.2 Å². The average molecular weight is 695 g/mol. The van der Waals surface area contributed by atoms with Gasteiger partial charge in [0.25, 0.3) is 10.0 Å². The van der Waals surface area contributed by atoms with Gasteiger partial charge in [0.05, 0.1) is 10.6 Å². The van der Waals surface area contributed by atoms with E-state index in [4.69, 9.17) is 0 Å². The van der Waals surface area contributed by atoms with Crippen LogP contribution in [0.5, 0.6) is 0 Å². The monoisotopic (exact) mass is 693 g/mol. The van der Waals surface area contributed by atoms with Gasteiger partial charge in [0.15, 0.2) is 0 Å². The van der Waals surface area contributed by atoms with Gasteiger partial charge in [-0.15, -0.1) is 0 Å². The number of hydrogen-bond donors (Lipinski definition) is 1. The lowest BCUT2D eigenvalue weighted by molar-refractivity contribution is -0.140. The predicted octanol–water partition coefficient (Wildman–Crippen LogP) is 6.65. The summed E-state index contributed by atoms with van der Waals surface area (Å²) in [5.74, 6) is -1.51. The number of sulfonamides is 1. The molecule has 0 aromatic heterocycles. The Morgan fingerprint density at radius 2 is 1.49 bits per heavy atom. The number of benzene rings is 4. The standard InChI is InChI=1S/C35H37BrFN3O4S/c1-25-13-19-31(20-14-25)45(43,44)40(30-17-15-29(37)16-18-30)24-33(41)39(23-27-11-8-12-28(36)21-27)32(34(42)38-35(2,3)4)22-26-9-6-5-7-10-26/h5-21,32H,22-24H2,1-4H3,(H,38,42). The summed E-state index contributed by atoms with van der Waals surface area (Å²) in [6.07, 6.45) is 0.198. The third kappa shape index (κ3) is 9.25. The average Bonchev–Trinajstić information content (AvgIpc) is 2.98. The normalized spacial score (nSPS) is 12.3. The van der Waals surface area contributed by atoms with Gasteiger partial charge in [-0.05, 0) is 87.4 Å². The Balaban J connectivity index is 1.81. The molecule has 1 N–H and O–H groups in total. The van der Waals surface area contributed by atoms with Crippen LogP contribution in [-0.2, 0) is 32.6 Å². The number of nitrogens with zero attached hydrogens (tertiary/aromatic N) is 2. The first-order valence-corrected chi connectivity index (χ1v) is 16.7. The number of amides is 2. The Morgan fingerprint density at radius 3 is 2.09 bits per heavy atom. The van der Waals surface area contributed by atoms with Gasteiger partial charge >= 0.3 is 0 Å². The molecular formula is C35H37BrFN3O4S. The van der Waals surface area contributed by atoms with E-state index in [1.165, 1.54) is 29.2 Å². The van der Waals surface area contributed by atoms with Crippen LogP contribution >= 0.6 is 15.9 Å². The summed E-state index contributed by atoms with van der Waals surface area (Å²) < 4.78 is 43.8. The van der Waals surface area contributed by atoms with E-state index < -0.39 is 39.9 Å². The molecule has 4 rings (SSSR count). The molecule has 4 aromatic rings. The molecule has 0 aliphatic heterocycles. The third-order valence-corrected chi connectivity index (χ3v) is 9.30. The van der Waals surface area contributed by atoms with Gasteiger partial charge in [-0.1, -0.05) is 76.1 Å². The SMILES string of the molecule is Cc1ccc(S(=O)(=O)N(CC(=O)N(Cc2cccc(Br)c2)C(Cc2ccccc2)C(=O)NC(C)(C)C)c2ccc(F)cc2)cc1. The summed E-state index contributed by atoms with van der Waals surface area (Å²) in [6, 6.07) is 27.0. The Bertz CT molecular complexity index is 1730. The van der Waals surface area contributed by atoms with Crippen LogP contribution in [0.3, 0.4) is 0 Å². The van der Waals surface area contributed by atoms with Crippen LogP contribution < -0.4 is 9.62 Å². The highest BCUT2D eigenvalue weighted by atomic mass is 79.9. The number of anilines is 1. The van der Waals surface area contributed by atoms with Crippen LogP contribution in [0.4, 0.5) is 10.1 Å². The van der Waals surface area contributed by atoms with E-state index in [9.17, 15) is 22.4 Å². The Labute approximate surface area is 273 Å². The maximum Gasteiger partial charge on any atom is 0.264 e. The van der Waals surface area contributed by atoms with Gasteiger partial charge in [-0.2, -0.15) is 0 Å². The van der Waals surface area contributed by atoms with E-state index in [0.29, 0.717) is 0 Å². The molecule has 10 heteroatoms. The lowest BCUT2D eigenvalue weighted by Crippen LogP contribution is -2.56. The zero-order chi connectivity index (χ0) is 32.8. The van der Waals surface area contributed by atoms with Crippen molar-refractivity contribution in [3.8, 4) is 0 Å². The van der Waals surface area contributed by atoms with Gasteiger partial charge in [0.2, 0.25) is 11.8 Å². The molecule has 0 spiro atoms. The van der Waals surface area contributed by atoms with E-state index in [2.05, 4.69) is 21.2 Å². The number of carbonyl (C=O) groups is 2. The van der Waals surface area contributed by atoms with E-state index in [1.54, 1.807) is 12.1 Å². The molecule has 0 saturated heterocycles. The van der Waals surface area contributed by atoms with Crippen molar-refractivity contribution in [1.29, 1.82) is 0 Å². The molecule has 0 fully saturated rings. The molecule has 0 aliphatic carbocycles. The largest absolute Gasteiger partial charge is 0.350 e. The Kier molecular flexibility index (Phi) is 10.8. The van der Waals surface area contributed by atoms with Crippen molar-refractivity contribution >= 4 is 43.5 Å². The van der Waals surface area contributed by atoms with Crippen molar-refractivity contribution in [3.05, 3.63) is 130 Å². The zero-order valence-electron chi connectivity index (χ0n) is 25.7. The Morgan fingerprint density at radius 1 is 0.867 bits per heavy atom. The quantitative estimate of drug-likeness (QED) is 0.191. The number of hydrogen-bond acceptors (Lipinski definition) is 4. The summed E-state index contributed by atoms with van der Waals surface area (Å²) in [6.45, 7) is 6.83. The minimum Gasteiger partial charge on any atom is -0.350 e. The van der Waals surface area contributed by atoms with Crippen LogP contribution in [0.2, 0.25) is 0 Å². The van der Waals surface area contributed by atoms with Crippen molar-refractivity contribution in [2.24, 2.45) is 0 Å². The van der Waals surface area contributed by atoms with E-state index >= 15 is 0 Å². The summed E-state index contributed by atoms with van der Waals surface area (Å²) in [4.78, 5) is 29.8. The lowest BCUT2D eigenvalue weighted by atomic mass is 10.0. The number of aryl methyl sites for hydroxylation is 1. The summed E-state index contributed by atoms with van der Waals surface area (Å²) in [5.41, 5.74) is 1.97. The van der Waals surface area contributed by atoms with E-state index in [1.807, 2.05) is 82.3 Å². The van der Waals surface area contributed by atoms with Crippen molar-refractivity contribution in [2.75, 3.05) is 10.8 Å². The summed E-state index contributed by atoms with van der Waals surface area (Å²) in [5, 5.41) is 3.01. The molecule has 1 unspecified atom stereocenters. The molecule has 45 heavy (non-hydrogen) atoms. The van der Waals surface area contributed by atoms with Gasteiger partial charge in [0.1, 0.15) is 18.4 Å². The second kappa shape index (κ2) is 14.4. The van der Waals surface area contributed by atoms with E-state index in [0.717, 1.165) is 37.6 Å². The van der Waals surface area contributed by atoms with Crippen molar-refractivity contribution in [3.63, 3.8) is 0 Å². The molecule has 7 nitrogen and oxygen atoms in total. The first kappa shape index (κ1) is 33.9. The number of carbonyl (C=O) groups excluding carboxylic acids is 2. The first-order valence-electron chi connectivity index (χ1n) is 14.5. The molecular weight excluding hydrogens is 657 g/mol. The highest BCUT2D eigenvalue weighted by molar-refractivity contribution is 9.10. The zero-order valence-corrected chi connectivity index (χ0v) is 28.1. The number of halogens is 2. The second-order valence-electron chi connectivity index (χ2n) is 11.9. The third-order valence-electron chi connectivity index (χ3n) is 7.01. The minimum atomic E-state index is -4.27. The first-order chi connectivity index (χ1) is 21.2. The molecule has 0 bridgehead atoms. The molecule has 2 amide bonds. The molecule has 236 valence electrons. The highest BCUT2D eigenvalue weighted by Crippen LogP contribution is 2.26. The van der Waals surface area contributed by atoms with Crippen molar-refractivity contribution in [2.45, 2.75) is 57.1 Å². The topological polar surface area (TPSA) is 86.8 Å². The van der Waals surface area contributed by atoms with Crippen molar-refractivity contribution < 1.29 is 22.4 Å². The fourth-order valence-corrected chi connectivity index (χ4v) is 6.67. The molecule has 4 aromatic carbocycles. The number of rotatable bonds is 11. The van der Waals surface area contributed by atoms with Gasteiger partial charge in [-0.25, -0.2) is 12.8 Å². The van der Waals surface area contributed by atoms with E-state index in [-0.39, 0.29) is 29.5 Å². The van der Waals surface area contributed by atoms with Crippen LogP contribution in [0.15, 0.2) is 112 Å². The van der Waals surface area contributed by atoms with Crippen LogP contribution in [-0.4, -0.2) is 43.3 Å². The maximum atomic E-state index is 14.5. The fraction of sp³-hybridized carbons (Fsp3) is 0.257. The van der Waals surface area contributed by atoms with Gasteiger partial charge < -0.3 is 10.2 Å². The summed E-state index contributed by atoms with van der Waals surface area (Å²) >= 11 is 3.48. The molecule has 0 radical (unpaired) electrons. The second-order valence-corrected chi connectivity index (χ2v) is 14.7. The van der Waals surface area contributed by atoms with Crippen LogP contribution in [0, 0.1) is 12.7 Å². The molecule has 0 saturated carbocycles. The van der Waals surface area contributed by atoms with Crippen LogP contribution in [0.25, 0.3) is 0 Å². The molecule has 0 heterocycles. The summed E-state index contributed by atoms with van der Waals surface area (Å²) in [7, 11) is -4.27. The lowest BCUT2D eigenvalue weighted by Gasteiger charge is -2.35. The smallest absolute Gasteiger partial charge is 0.264 e. The maximum absolute atomic E-state index is 14.5. The fourth-order valence-electron chi connectivity index (χ4n) is 4.81. The van der Waals surface area contributed by atoms with Gasteiger partial charge in [-0.3, -0.25) is 13.9 Å². The predicted molar refractivity (Wildman–Crippen MR) is 179 cm³/mol. The Hall–Kier alpha value is -4.02. The highest BCUT2D eigenvalue weighted by Gasteiger charge is 2.35. The molecule has 0 aliphatic rings. The van der Waals surface area contributed by atoms with Crippen LogP contribution in [0.1, 0.15) is 37.5 Å². The number of nitrogens with one attached hydrogen (secondary N) is 1. The minimum absolute atomic E-state index is 0.0184.